The lowest BCUT2D eigenvalue weighted by molar-refractivity contribution is 0.0996. The van der Waals surface area contributed by atoms with Crippen molar-refractivity contribution in [1.82, 2.24) is 24.4 Å². The van der Waals surface area contributed by atoms with Gasteiger partial charge in [0.1, 0.15) is 5.75 Å². The molecule has 0 saturated heterocycles. The van der Waals surface area contributed by atoms with Gasteiger partial charge in [-0.05, 0) is 37.3 Å². The van der Waals surface area contributed by atoms with Crippen LogP contribution in [-0.2, 0) is 0 Å². The van der Waals surface area contributed by atoms with Gasteiger partial charge in [0.05, 0.1) is 29.8 Å². The van der Waals surface area contributed by atoms with Crippen molar-refractivity contribution in [3.63, 3.8) is 0 Å². The van der Waals surface area contributed by atoms with Gasteiger partial charge in [-0.15, -0.1) is 5.10 Å². The van der Waals surface area contributed by atoms with Crippen LogP contribution in [0, 0.1) is 6.92 Å². The Morgan fingerprint density at radius 2 is 2.21 bits per heavy atom. The summed E-state index contributed by atoms with van der Waals surface area (Å²) in [6.07, 6.45) is 1.42. The van der Waals surface area contributed by atoms with Crippen LogP contribution in [0.3, 0.4) is 0 Å². The van der Waals surface area contributed by atoms with Gasteiger partial charge in [-0.1, -0.05) is 16.8 Å². The average Bonchev–Trinajstić information content (AvgIpc) is 3.42. The van der Waals surface area contributed by atoms with Crippen molar-refractivity contribution in [2.75, 3.05) is 12.4 Å². The van der Waals surface area contributed by atoms with Gasteiger partial charge in [-0.3, -0.25) is 10.1 Å². The topological polar surface area (TPSA) is 108 Å². The summed E-state index contributed by atoms with van der Waals surface area (Å²) >= 11 is 7.23. The summed E-state index contributed by atoms with van der Waals surface area (Å²) in [5, 5.41) is 11.8. The monoisotopic (exact) mass is 416 g/mol. The number of carbonyl (C=O) groups excluding carboxylic acids is 1. The first kappa shape index (κ1) is 18.1. The fraction of sp³-hybridized carbons (Fsp3) is 0.118. The van der Waals surface area contributed by atoms with E-state index in [4.69, 9.17) is 20.8 Å². The molecule has 0 atom stereocenters. The van der Waals surface area contributed by atoms with Crippen molar-refractivity contribution < 1.29 is 13.9 Å². The molecule has 0 radical (unpaired) electrons. The Morgan fingerprint density at radius 1 is 1.36 bits per heavy atom. The molecule has 11 heteroatoms. The Labute approximate surface area is 168 Å². The van der Waals surface area contributed by atoms with Crippen LogP contribution in [0.15, 0.2) is 41.0 Å². The summed E-state index contributed by atoms with van der Waals surface area (Å²) in [7, 11) is 1.55. The Kier molecular flexibility index (Phi) is 4.80. The molecule has 4 rings (SSSR count). The number of ether oxygens (including phenoxy) is 1. The maximum absolute atomic E-state index is 12.0. The number of benzene rings is 1. The minimum absolute atomic E-state index is 0.190. The van der Waals surface area contributed by atoms with E-state index in [1.54, 1.807) is 36.1 Å². The van der Waals surface area contributed by atoms with Crippen LogP contribution in [0.2, 0.25) is 5.02 Å². The van der Waals surface area contributed by atoms with Gasteiger partial charge in [0.15, 0.2) is 17.3 Å². The molecular formula is C17H13ClN6O3S. The highest BCUT2D eigenvalue weighted by molar-refractivity contribution is 7.10. The number of methoxy groups -OCH3 is 1. The van der Waals surface area contributed by atoms with Crippen LogP contribution in [0.4, 0.5) is 5.13 Å². The Balaban J connectivity index is 1.59. The van der Waals surface area contributed by atoms with Crippen molar-refractivity contribution in [3.8, 4) is 23.0 Å². The molecule has 3 heterocycles. The number of rotatable bonds is 5. The number of nitrogens with one attached hydrogen (secondary N) is 1. The first-order valence-electron chi connectivity index (χ1n) is 8.02. The number of nitrogens with zero attached hydrogens (tertiary/aromatic N) is 5. The maximum atomic E-state index is 12.0. The molecule has 4 aromatic rings. The highest BCUT2D eigenvalue weighted by atomic mass is 35.5. The van der Waals surface area contributed by atoms with Crippen LogP contribution < -0.4 is 10.1 Å². The first-order chi connectivity index (χ1) is 13.6. The predicted octanol–water partition coefficient (Wildman–Crippen LogP) is 3.60. The van der Waals surface area contributed by atoms with Gasteiger partial charge in [0.2, 0.25) is 5.13 Å². The summed E-state index contributed by atoms with van der Waals surface area (Å²) < 4.78 is 16.1. The summed E-state index contributed by atoms with van der Waals surface area (Å²) in [6.45, 7) is 1.84. The molecule has 1 aromatic carbocycles. The van der Waals surface area contributed by atoms with Gasteiger partial charge in [0.25, 0.3) is 5.91 Å². The van der Waals surface area contributed by atoms with Gasteiger partial charge >= 0.3 is 0 Å². The van der Waals surface area contributed by atoms with E-state index in [9.17, 15) is 4.79 Å². The van der Waals surface area contributed by atoms with E-state index >= 15 is 0 Å². The fourth-order valence-corrected chi connectivity index (χ4v) is 3.32. The van der Waals surface area contributed by atoms with E-state index < -0.39 is 5.91 Å². The third-order valence-corrected chi connectivity index (χ3v) is 4.80. The van der Waals surface area contributed by atoms with Crippen LogP contribution in [0.1, 0.15) is 16.2 Å². The molecule has 1 amide bonds. The van der Waals surface area contributed by atoms with Gasteiger partial charge in [0, 0.05) is 11.5 Å². The molecule has 0 saturated carbocycles. The fourth-order valence-electron chi connectivity index (χ4n) is 2.50. The lowest BCUT2D eigenvalue weighted by Crippen LogP contribution is -2.10. The summed E-state index contributed by atoms with van der Waals surface area (Å²) in [5.74, 6) is 0.723. The number of halogens is 1. The quantitative estimate of drug-likeness (QED) is 0.529. The SMILES string of the molecule is COc1ccc(-n2nnc(-c3nsc(NC(=O)c4ccco4)n3)c2C)cc1Cl. The van der Waals surface area contributed by atoms with Crippen molar-refractivity contribution in [2.45, 2.75) is 6.92 Å². The number of anilines is 1. The Morgan fingerprint density at radius 3 is 2.93 bits per heavy atom. The second-order valence-corrected chi connectivity index (χ2v) is 6.77. The normalized spacial score (nSPS) is 10.8. The van der Waals surface area contributed by atoms with Gasteiger partial charge < -0.3 is 9.15 Å². The third kappa shape index (κ3) is 3.35. The Bertz CT molecular complexity index is 1140. The second-order valence-electron chi connectivity index (χ2n) is 5.61. The summed E-state index contributed by atoms with van der Waals surface area (Å²) in [4.78, 5) is 16.4. The molecule has 3 aromatic heterocycles. The third-order valence-electron chi connectivity index (χ3n) is 3.88. The standard InChI is InChI=1S/C17H13ClN6O3S/c1-9-14(21-23-24(9)10-5-6-12(26-2)11(18)8-10)15-19-17(28-22-15)20-16(25)13-4-3-7-27-13/h3-8H,1-2H3,(H,19,20,22,25). The zero-order valence-electron chi connectivity index (χ0n) is 14.7. The number of amides is 1. The molecule has 0 unspecified atom stereocenters. The van der Waals surface area contributed by atoms with Gasteiger partial charge in [-0.2, -0.15) is 9.36 Å². The van der Waals surface area contributed by atoms with Crippen molar-refractivity contribution in [2.24, 2.45) is 0 Å². The zero-order valence-corrected chi connectivity index (χ0v) is 16.3. The first-order valence-corrected chi connectivity index (χ1v) is 9.17. The molecule has 0 bridgehead atoms. The van der Waals surface area contributed by atoms with E-state index in [-0.39, 0.29) is 5.76 Å². The van der Waals surface area contributed by atoms with Gasteiger partial charge in [-0.25, -0.2) is 4.68 Å². The van der Waals surface area contributed by atoms with E-state index in [0.717, 1.165) is 22.9 Å². The highest BCUT2D eigenvalue weighted by Gasteiger charge is 2.19. The largest absolute Gasteiger partial charge is 0.495 e. The molecule has 28 heavy (non-hydrogen) atoms. The Hall–Kier alpha value is -3.24. The van der Waals surface area contributed by atoms with Crippen molar-refractivity contribution >= 4 is 34.2 Å². The van der Waals surface area contributed by atoms with Crippen molar-refractivity contribution in [1.29, 1.82) is 0 Å². The van der Waals surface area contributed by atoms with E-state index in [0.29, 0.717) is 27.4 Å². The minimum atomic E-state index is -0.402. The number of carbonyl (C=O) groups is 1. The molecular weight excluding hydrogens is 404 g/mol. The summed E-state index contributed by atoms with van der Waals surface area (Å²) in [6, 6.07) is 8.50. The summed E-state index contributed by atoms with van der Waals surface area (Å²) in [5.41, 5.74) is 1.95. The number of hydrogen-bond acceptors (Lipinski definition) is 8. The molecule has 0 aliphatic rings. The second kappa shape index (κ2) is 7.41. The lowest BCUT2D eigenvalue weighted by Gasteiger charge is -2.07. The molecule has 0 spiro atoms. The average molecular weight is 417 g/mol. The molecule has 0 aliphatic heterocycles. The highest BCUT2D eigenvalue weighted by Crippen LogP contribution is 2.28. The number of hydrogen-bond donors (Lipinski definition) is 1. The molecule has 0 fully saturated rings. The van der Waals surface area contributed by atoms with Crippen LogP contribution in [-0.4, -0.2) is 37.4 Å². The number of furan rings is 1. The minimum Gasteiger partial charge on any atom is -0.495 e. The van der Waals surface area contributed by atoms with E-state index in [1.165, 1.54) is 6.26 Å². The maximum Gasteiger partial charge on any atom is 0.293 e. The zero-order chi connectivity index (χ0) is 19.7. The van der Waals surface area contributed by atoms with Crippen LogP contribution in [0.5, 0.6) is 5.75 Å². The van der Waals surface area contributed by atoms with Crippen LogP contribution >= 0.6 is 23.1 Å². The van der Waals surface area contributed by atoms with Crippen molar-refractivity contribution in [3.05, 3.63) is 53.1 Å². The van der Waals surface area contributed by atoms with Crippen LogP contribution in [0.25, 0.3) is 17.2 Å². The smallest absolute Gasteiger partial charge is 0.293 e. The predicted molar refractivity (Wildman–Crippen MR) is 103 cm³/mol. The van der Waals surface area contributed by atoms with E-state index in [1.807, 2.05) is 13.0 Å². The molecule has 0 aliphatic carbocycles. The molecule has 142 valence electrons. The van der Waals surface area contributed by atoms with E-state index in [2.05, 4.69) is 25.0 Å². The molecule has 1 N–H and O–H groups in total. The number of aromatic nitrogens is 5. The molecule has 9 nitrogen and oxygen atoms in total. The lowest BCUT2D eigenvalue weighted by atomic mass is 10.2.